The maximum absolute atomic E-state index is 13.5. The number of hydrogen-bond acceptors (Lipinski definition) is 2. The Morgan fingerprint density at radius 1 is 0.938 bits per heavy atom. The minimum absolute atomic E-state index is 0.00803. The molecule has 0 bridgehead atoms. The highest BCUT2D eigenvalue weighted by atomic mass is 19.4. The first-order valence-electron chi connectivity index (χ1n) is 9.89. The number of nitrogens with one attached hydrogen (secondary N) is 1. The average molecular weight is 436 g/mol. The second-order valence-electron chi connectivity index (χ2n) is 7.53. The number of hydrogen-bond donors (Lipinski definition) is 1. The number of para-hydroxylation sites is 1. The number of aryl methyl sites for hydroxylation is 1. The topological polar surface area (TPSA) is 53.2 Å². The summed E-state index contributed by atoms with van der Waals surface area (Å²) in [4.78, 5) is 30.0. The number of aromatic amines is 1. The van der Waals surface area contributed by atoms with Crippen LogP contribution >= 0.6 is 0 Å². The Kier molecular flexibility index (Phi) is 5.57. The van der Waals surface area contributed by atoms with Crippen LogP contribution in [0.15, 0.2) is 83.7 Å². The van der Waals surface area contributed by atoms with Gasteiger partial charge in [-0.05, 0) is 48.2 Å². The number of pyridine rings is 1. The zero-order valence-electron chi connectivity index (χ0n) is 17.1. The van der Waals surface area contributed by atoms with Gasteiger partial charge in [0.05, 0.1) is 12.1 Å². The van der Waals surface area contributed by atoms with Gasteiger partial charge in [-0.3, -0.25) is 9.59 Å². The van der Waals surface area contributed by atoms with Gasteiger partial charge in [-0.25, -0.2) is 0 Å². The fourth-order valence-corrected chi connectivity index (χ4v) is 3.58. The molecule has 4 rings (SSSR count). The highest BCUT2D eigenvalue weighted by Gasteiger charge is 2.31. The van der Waals surface area contributed by atoms with E-state index in [0.717, 1.165) is 23.3 Å². The van der Waals surface area contributed by atoms with E-state index in [0.29, 0.717) is 10.9 Å². The molecule has 0 spiro atoms. The molecule has 0 unspecified atom stereocenters. The summed E-state index contributed by atoms with van der Waals surface area (Å²) in [7, 11) is 0. The number of alkyl halides is 3. The number of H-pyrrole nitrogens is 1. The van der Waals surface area contributed by atoms with Crippen molar-refractivity contribution in [3.8, 4) is 0 Å². The van der Waals surface area contributed by atoms with E-state index in [4.69, 9.17) is 0 Å². The third-order valence-electron chi connectivity index (χ3n) is 5.14. The highest BCUT2D eigenvalue weighted by molar-refractivity contribution is 6.07. The van der Waals surface area contributed by atoms with Crippen LogP contribution in [0.3, 0.4) is 0 Å². The lowest BCUT2D eigenvalue weighted by Crippen LogP contribution is -2.34. The van der Waals surface area contributed by atoms with E-state index in [2.05, 4.69) is 4.98 Å². The molecular weight excluding hydrogens is 417 g/mol. The number of amides is 1. The van der Waals surface area contributed by atoms with Gasteiger partial charge in [-0.2, -0.15) is 13.2 Å². The number of benzene rings is 3. The Bertz CT molecular complexity index is 1360. The van der Waals surface area contributed by atoms with Crippen LogP contribution in [0.2, 0.25) is 0 Å². The maximum Gasteiger partial charge on any atom is 0.416 e. The Hall–Kier alpha value is -3.87. The monoisotopic (exact) mass is 436 g/mol. The predicted octanol–water partition coefficient (Wildman–Crippen LogP) is 5.70. The van der Waals surface area contributed by atoms with E-state index in [9.17, 15) is 22.8 Å². The number of carbonyl (C=O) groups excluding carboxylic acids is 1. The van der Waals surface area contributed by atoms with E-state index in [1.165, 1.54) is 23.1 Å². The first-order valence-corrected chi connectivity index (χ1v) is 9.89. The molecule has 0 saturated carbocycles. The molecule has 1 aromatic heterocycles. The molecule has 4 aromatic rings. The van der Waals surface area contributed by atoms with Crippen molar-refractivity contribution < 1.29 is 18.0 Å². The molecule has 1 N–H and O–H groups in total. The minimum Gasteiger partial charge on any atom is -0.321 e. The van der Waals surface area contributed by atoms with Gasteiger partial charge in [-0.1, -0.05) is 54.1 Å². The summed E-state index contributed by atoms with van der Waals surface area (Å²) in [5.41, 5.74) is 0.681. The van der Waals surface area contributed by atoms with E-state index in [1.54, 1.807) is 30.3 Å². The molecule has 32 heavy (non-hydrogen) atoms. The summed E-state index contributed by atoms with van der Waals surface area (Å²) in [6.07, 6.45) is -4.56. The van der Waals surface area contributed by atoms with Crippen LogP contribution in [0.5, 0.6) is 0 Å². The molecule has 1 amide bonds. The number of anilines is 1. The fourth-order valence-electron chi connectivity index (χ4n) is 3.58. The van der Waals surface area contributed by atoms with Gasteiger partial charge >= 0.3 is 6.18 Å². The molecule has 4 nitrogen and oxygen atoms in total. The van der Waals surface area contributed by atoms with Crippen molar-refractivity contribution in [2.24, 2.45) is 0 Å². The van der Waals surface area contributed by atoms with Crippen LogP contribution in [-0.4, -0.2) is 10.9 Å². The van der Waals surface area contributed by atoms with Gasteiger partial charge in [0.2, 0.25) is 0 Å². The van der Waals surface area contributed by atoms with Gasteiger partial charge in [0.15, 0.2) is 0 Å². The molecule has 7 heteroatoms. The number of aromatic nitrogens is 1. The Morgan fingerprint density at radius 2 is 1.69 bits per heavy atom. The fraction of sp³-hybridized carbons (Fsp3) is 0.120. The number of halogens is 3. The van der Waals surface area contributed by atoms with E-state index in [1.807, 2.05) is 25.1 Å². The van der Waals surface area contributed by atoms with Crippen LogP contribution in [-0.2, 0) is 12.7 Å². The van der Waals surface area contributed by atoms with Gasteiger partial charge in [0.1, 0.15) is 5.56 Å². The van der Waals surface area contributed by atoms with Crippen molar-refractivity contribution >= 4 is 22.5 Å². The Morgan fingerprint density at radius 3 is 2.44 bits per heavy atom. The molecule has 1 heterocycles. The van der Waals surface area contributed by atoms with Crippen LogP contribution in [0, 0.1) is 6.92 Å². The normalized spacial score (nSPS) is 11.5. The lowest BCUT2D eigenvalue weighted by atomic mass is 10.1. The van der Waals surface area contributed by atoms with Crippen molar-refractivity contribution in [1.82, 2.24) is 4.98 Å². The third kappa shape index (κ3) is 4.42. The number of rotatable bonds is 4. The average Bonchev–Trinajstić information content (AvgIpc) is 2.76. The number of nitrogens with zero attached hydrogens (tertiary/aromatic N) is 1. The summed E-state index contributed by atoms with van der Waals surface area (Å²) < 4.78 is 39.9. The largest absolute Gasteiger partial charge is 0.416 e. The van der Waals surface area contributed by atoms with Crippen LogP contribution in [0.25, 0.3) is 10.9 Å². The standard InChI is InChI=1S/C25H19F3N2O2/c1-16-6-4-7-17(12-16)15-30(20-10-5-9-19(14-20)25(26,27)28)24(32)21-13-18-8-2-3-11-22(18)29-23(21)31/h2-14H,15H2,1H3,(H,29,31). The van der Waals surface area contributed by atoms with Crippen LogP contribution in [0.1, 0.15) is 27.0 Å². The number of carbonyl (C=O) groups is 1. The quantitative estimate of drug-likeness (QED) is 0.446. The van der Waals surface area contributed by atoms with Gasteiger partial charge in [0, 0.05) is 11.2 Å². The van der Waals surface area contributed by atoms with Crippen molar-refractivity contribution in [1.29, 1.82) is 0 Å². The van der Waals surface area contributed by atoms with Gasteiger partial charge < -0.3 is 9.88 Å². The summed E-state index contributed by atoms with van der Waals surface area (Å²) in [6, 6.07) is 20.3. The van der Waals surface area contributed by atoms with E-state index < -0.39 is 23.2 Å². The summed E-state index contributed by atoms with van der Waals surface area (Å²) >= 11 is 0. The van der Waals surface area contributed by atoms with Crippen molar-refractivity contribution in [3.63, 3.8) is 0 Å². The lowest BCUT2D eigenvalue weighted by Gasteiger charge is -2.24. The van der Waals surface area contributed by atoms with E-state index >= 15 is 0 Å². The first kappa shape index (κ1) is 21.4. The molecule has 0 atom stereocenters. The van der Waals surface area contributed by atoms with Crippen molar-refractivity contribution in [2.75, 3.05) is 4.90 Å². The molecule has 0 aliphatic rings. The zero-order valence-corrected chi connectivity index (χ0v) is 17.1. The van der Waals surface area contributed by atoms with Gasteiger partial charge in [0.25, 0.3) is 11.5 Å². The second-order valence-corrected chi connectivity index (χ2v) is 7.53. The zero-order chi connectivity index (χ0) is 22.9. The lowest BCUT2D eigenvalue weighted by molar-refractivity contribution is -0.137. The van der Waals surface area contributed by atoms with Crippen LogP contribution < -0.4 is 10.5 Å². The summed E-state index contributed by atoms with van der Waals surface area (Å²) in [5.74, 6) is -0.683. The minimum atomic E-state index is -4.56. The molecule has 162 valence electrons. The molecule has 0 fully saturated rings. The van der Waals surface area contributed by atoms with E-state index in [-0.39, 0.29) is 17.8 Å². The molecule has 0 radical (unpaired) electrons. The van der Waals surface area contributed by atoms with Crippen molar-refractivity contribution in [3.05, 3.63) is 111 Å². The Balaban J connectivity index is 1.83. The maximum atomic E-state index is 13.5. The molecular formula is C25H19F3N2O2. The highest BCUT2D eigenvalue weighted by Crippen LogP contribution is 2.32. The molecule has 0 aliphatic carbocycles. The van der Waals surface area contributed by atoms with Crippen LogP contribution in [0.4, 0.5) is 18.9 Å². The summed E-state index contributed by atoms with van der Waals surface area (Å²) in [5, 5.41) is 0.648. The second kappa shape index (κ2) is 8.34. The smallest absolute Gasteiger partial charge is 0.321 e. The van der Waals surface area contributed by atoms with Gasteiger partial charge in [-0.15, -0.1) is 0 Å². The molecule has 0 saturated heterocycles. The molecule has 0 aliphatic heterocycles. The SMILES string of the molecule is Cc1cccc(CN(C(=O)c2cc3ccccc3[nH]c2=O)c2cccc(C(F)(F)F)c2)c1. The molecule has 3 aromatic carbocycles. The Labute approximate surface area is 181 Å². The number of fused-ring (bicyclic) bond motifs is 1. The predicted molar refractivity (Wildman–Crippen MR) is 118 cm³/mol. The summed E-state index contributed by atoms with van der Waals surface area (Å²) in [6.45, 7) is 1.89. The first-order chi connectivity index (χ1) is 15.2. The third-order valence-corrected chi connectivity index (χ3v) is 5.14. The van der Waals surface area contributed by atoms with Crippen molar-refractivity contribution in [2.45, 2.75) is 19.6 Å².